The molecular formula is C15H22IN3. The highest BCUT2D eigenvalue weighted by Gasteiger charge is 2.39. The molecule has 0 saturated heterocycles. The van der Waals surface area contributed by atoms with Crippen molar-refractivity contribution in [2.45, 2.75) is 44.2 Å². The first-order chi connectivity index (χ1) is 8.86. The molecule has 4 heteroatoms. The number of guanidine groups is 1. The number of hydrogen-bond acceptors (Lipinski definition) is 1. The lowest BCUT2D eigenvalue weighted by Crippen LogP contribution is -2.40. The van der Waals surface area contributed by atoms with E-state index in [2.05, 4.69) is 52.9 Å². The van der Waals surface area contributed by atoms with Crippen molar-refractivity contribution in [2.24, 2.45) is 4.99 Å². The zero-order valence-electron chi connectivity index (χ0n) is 11.3. The molecule has 2 atom stereocenters. The summed E-state index contributed by atoms with van der Waals surface area (Å²) in [7, 11) is 0. The van der Waals surface area contributed by atoms with Crippen LogP contribution >= 0.6 is 24.0 Å². The van der Waals surface area contributed by atoms with E-state index in [0.717, 1.165) is 12.5 Å². The first kappa shape index (κ1) is 14.6. The van der Waals surface area contributed by atoms with E-state index in [-0.39, 0.29) is 24.0 Å². The Morgan fingerprint density at radius 1 is 1.21 bits per heavy atom. The second kappa shape index (κ2) is 6.59. The Kier molecular flexibility index (Phi) is 5.07. The van der Waals surface area contributed by atoms with Crippen molar-refractivity contribution in [3.05, 3.63) is 35.9 Å². The Bertz CT molecular complexity index is 428. The molecule has 3 rings (SSSR count). The van der Waals surface area contributed by atoms with Crippen LogP contribution in [0.15, 0.2) is 35.3 Å². The lowest BCUT2D eigenvalue weighted by molar-refractivity contribution is 0.781. The molecule has 2 saturated carbocycles. The molecule has 0 spiro atoms. The third-order valence-corrected chi connectivity index (χ3v) is 3.57. The summed E-state index contributed by atoms with van der Waals surface area (Å²) in [6.45, 7) is 2.92. The SMILES string of the molecule is CCN=C(NC1CC1)NC1CC1c1ccccc1.I. The second-order valence-corrected chi connectivity index (χ2v) is 5.25. The van der Waals surface area contributed by atoms with Crippen LogP contribution in [0.2, 0.25) is 0 Å². The Labute approximate surface area is 132 Å². The molecule has 2 fully saturated rings. The lowest BCUT2D eigenvalue weighted by Gasteiger charge is -2.11. The molecule has 2 N–H and O–H groups in total. The Hall–Kier alpha value is -0.780. The summed E-state index contributed by atoms with van der Waals surface area (Å²) in [5.74, 6) is 1.66. The van der Waals surface area contributed by atoms with Gasteiger partial charge in [0, 0.05) is 24.5 Å². The maximum Gasteiger partial charge on any atom is 0.191 e. The normalized spacial score (nSPS) is 25.4. The van der Waals surface area contributed by atoms with Crippen molar-refractivity contribution in [1.29, 1.82) is 0 Å². The number of halogens is 1. The molecule has 0 aromatic heterocycles. The molecule has 1 aromatic rings. The topological polar surface area (TPSA) is 36.4 Å². The van der Waals surface area contributed by atoms with Gasteiger partial charge in [-0.05, 0) is 31.7 Å². The highest BCUT2D eigenvalue weighted by atomic mass is 127. The Morgan fingerprint density at radius 2 is 1.95 bits per heavy atom. The first-order valence-corrected chi connectivity index (χ1v) is 6.99. The molecule has 104 valence electrons. The van der Waals surface area contributed by atoms with E-state index in [4.69, 9.17) is 0 Å². The van der Waals surface area contributed by atoms with E-state index < -0.39 is 0 Å². The van der Waals surface area contributed by atoms with Gasteiger partial charge in [-0.15, -0.1) is 24.0 Å². The minimum absolute atomic E-state index is 0. The molecule has 2 unspecified atom stereocenters. The largest absolute Gasteiger partial charge is 0.354 e. The summed E-state index contributed by atoms with van der Waals surface area (Å²) in [6, 6.07) is 12.0. The number of benzene rings is 1. The first-order valence-electron chi connectivity index (χ1n) is 6.99. The molecule has 3 nitrogen and oxygen atoms in total. The highest BCUT2D eigenvalue weighted by Crippen LogP contribution is 2.40. The smallest absolute Gasteiger partial charge is 0.191 e. The number of hydrogen-bond donors (Lipinski definition) is 2. The fourth-order valence-electron chi connectivity index (χ4n) is 2.31. The summed E-state index contributed by atoms with van der Waals surface area (Å²) >= 11 is 0. The maximum atomic E-state index is 4.51. The van der Waals surface area contributed by atoms with Crippen LogP contribution in [0.4, 0.5) is 0 Å². The fraction of sp³-hybridized carbons (Fsp3) is 0.533. The maximum absolute atomic E-state index is 4.51. The van der Waals surface area contributed by atoms with Crippen LogP contribution in [0, 0.1) is 0 Å². The van der Waals surface area contributed by atoms with E-state index in [1.54, 1.807) is 0 Å². The monoisotopic (exact) mass is 371 g/mol. The van der Waals surface area contributed by atoms with Crippen LogP contribution in [-0.4, -0.2) is 24.6 Å². The molecule has 2 aliphatic carbocycles. The number of aliphatic imine (C=N–C) groups is 1. The van der Waals surface area contributed by atoms with Crippen molar-refractivity contribution in [2.75, 3.05) is 6.54 Å². The summed E-state index contributed by atoms with van der Waals surface area (Å²) < 4.78 is 0. The van der Waals surface area contributed by atoms with Crippen LogP contribution in [-0.2, 0) is 0 Å². The van der Waals surface area contributed by atoms with Gasteiger partial charge in [-0.3, -0.25) is 4.99 Å². The minimum Gasteiger partial charge on any atom is -0.354 e. The van der Waals surface area contributed by atoms with Crippen molar-refractivity contribution in [3.8, 4) is 0 Å². The van der Waals surface area contributed by atoms with Crippen molar-refractivity contribution in [3.63, 3.8) is 0 Å². The van der Waals surface area contributed by atoms with E-state index in [9.17, 15) is 0 Å². The fourth-order valence-corrected chi connectivity index (χ4v) is 2.31. The number of nitrogens with zero attached hydrogens (tertiary/aromatic N) is 1. The van der Waals surface area contributed by atoms with Crippen molar-refractivity contribution < 1.29 is 0 Å². The van der Waals surface area contributed by atoms with Gasteiger partial charge in [-0.1, -0.05) is 30.3 Å². The summed E-state index contributed by atoms with van der Waals surface area (Å²) in [5, 5.41) is 7.02. The molecule has 1 aromatic carbocycles. The van der Waals surface area contributed by atoms with Gasteiger partial charge in [-0.2, -0.15) is 0 Å². The molecule has 0 heterocycles. The van der Waals surface area contributed by atoms with E-state index >= 15 is 0 Å². The Balaban J connectivity index is 0.00000133. The number of rotatable bonds is 4. The summed E-state index contributed by atoms with van der Waals surface area (Å²) in [5.41, 5.74) is 1.44. The molecule has 2 aliphatic rings. The van der Waals surface area contributed by atoms with Crippen LogP contribution in [0.3, 0.4) is 0 Å². The third kappa shape index (κ3) is 4.09. The molecule has 19 heavy (non-hydrogen) atoms. The third-order valence-electron chi connectivity index (χ3n) is 3.57. The molecule has 0 aliphatic heterocycles. The van der Waals surface area contributed by atoms with Crippen molar-refractivity contribution >= 4 is 29.9 Å². The summed E-state index contributed by atoms with van der Waals surface area (Å²) in [4.78, 5) is 4.51. The molecule has 0 amide bonds. The predicted molar refractivity (Wildman–Crippen MR) is 90.3 cm³/mol. The lowest BCUT2D eigenvalue weighted by atomic mass is 10.1. The highest BCUT2D eigenvalue weighted by molar-refractivity contribution is 14.0. The van der Waals surface area contributed by atoms with Gasteiger partial charge >= 0.3 is 0 Å². The molecule has 0 radical (unpaired) electrons. The average molecular weight is 371 g/mol. The van der Waals surface area contributed by atoms with Gasteiger partial charge in [0.25, 0.3) is 0 Å². The van der Waals surface area contributed by atoms with Crippen LogP contribution in [0.25, 0.3) is 0 Å². The zero-order valence-corrected chi connectivity index (χ0v) is 13.6. The second-order valence-electron chi connectivity index (χ2n) is 5.25. The quantitative estimate of drug-likeness (QED) is 0.485. The standard InChI is InChI=1S/C15H21N3.HI/c1-2-16-15(17-12-8-9-12)18-14-10-13(14)11-6-4-3-5-7-11;/h3-7,12-14H,2,8-10H2,1H3,(H2,16,17,18);1H. The van der Waals surface area contributed by atoms with Gasteiger partial charge in [-0.25, -0.2) is 0 Å². The molecule has 0 bridgehead atoms. The van der Waals surface area contributed by atoms with Crippen LogP contribution in [0.1, 0.15) is 37.7 Å². The van der Waals surface area contributed by atoms with Crippen molar-refractivity contribution in [1.82, 2.24) is 10.6 Å². The van der Waals surface area contributed by atoms with Crippen LogP contribution < -0.4 is 10.6 Å². The van der Waals surface area contributed by atoms with Gasteiger partial charge in [0.1, 0.15) is 0 Å². The predicted octanol–water partition coefficient (Wildman–Crippen LogP) is 2.88. The molecular weight excluding hydrogens is 349 g/mol. The number of nitrogens with one attached hydrogen (secondary N) is 2. The average Bonchev–Trinajstić information content (AvgIpc) is 3.27. The van der Waals surface area contributed by atoms with E-state index in [0.29, 0.717) is 18.0 Å². The van der Waals surface area contributed by atoms with Gasteiger partial charge in [0.2, 0.25) is 0 Å². The Morgan fingerprint density at radius 3 is 2.58 bits per heavy atom. The van der Waals surface area contributed by atoms with E-state index in [1.165, 1.54) is 24.8 Å². The minimum atomic E-state index is 0. The van der Waals surface area contributed by atoms with E-state index in [1.807, 2.05) is 0 Å². The zero-order chi connectivity index (χ0) is 12.4. The van der Waals surface area contributed by atoms with Gasteiger partial charge in [0.05, 0.1) is 0 Å². The summed E-state index contributed by atoms with van der Waals surface area (Å²) in [6.07, 6.45) is 3.80. The van der Waals surface area contributed by atoms with Crippen LogP contribution in [0.5, 0.6) is 0 Å². The van der Waals surface area contributed by atoms with Gasteiger partial charge < -0.3 is 10.6 Å². The van der Waals surface area contributed by atoms with Gasteiger partial charge in [0.15, 0.2) is 5.96 Å².